The minimum Gasteiger partial charge on any atom is -0.480 e. The number of anilines is 1. The van der Waals surface area contributed by atoms with Gasteiger partial charge in [0, 0.05) is 19.6 Å². The average Bonchev–Trinajstić information content (AvgIpc) is 3.72. The number of nitrogens with zero attached hydrogens (tertiary/aromatic N) is 5. The van der Waals surface area contributed by atoms with Gasteiger partial charge in [0.05, 0.1) is 6.33 Å². The van der Waals surface area contributed by atoms with Crippen LogP contribution in [0.5, 0.6) is 0 Å². The minimum absolute atomic E-state index is 0.00891. The van der Waals surface area contributed by atoms with E-state index in [1.165, 1.54) is 12.7 Å². The van der Waals surface area contributed by atoms with Crippen LogP contribution in [-0.4, -0.2) is 138 Å². The monoisotopic (exact) mass is 864 g/mol. The first-order valence-corrected chi connectivity index (χ1v) is 20.2. The molecule has 0 aromatic carbocycles. The number of hydrogen-bond acceptors (Lipinski definition) is 16. The number of carboxylic acids is 1. The summed E-state index contributed by atoms with van der Waals surface area (Å²) >= 11 is 0. The predicted octanol–water partition coefficient (Wildman–Crippen LogP) is 4.89. The number of carboxylic acid groups (broad SMARTS) is 1. The smallest absolute Gasteiger partial charge is 0.413 e. The highest BCUT2D eigenvalue weighted by Crippen LogP contribution is 2.44. The SMILES string of the molecule is CC(C)(C)OC(=O)Nc1ncnc2c1ncn2[C@@H]1O[C@H](CN(CC[C@H](NC(=O)OC(C)(C)C)C(=O)O)CC[C@H](NC(=O)OC(C)(C)C)C(=O)OC(C)(C)C)[C@H]2OC(C)(C)O[C@H]21. The molecular formula is C40H64N8O13. The Labute approximate surface area is 356 Å². The Morgan fingerprint density at radius 1 is 0.754 bits per heavy atom. The lowest BCUT2D eigenvalue weighted by molar-refractivity contribution is -0.198. The molecule has 0 radical (unpaired) electrons. The van der Waals surface area contributed by atoms with Crippen molar-refractivity contribution >= 4 is 47.2 Å². The van der Waals surface area contributed by atoms with Crippen LogP contribution in [0.2, 0.25) is 0 Å². The molecule has 21 heteroatoms. The summed E-state index contributed by atoms with van der Waals surface area (Å²) in [6.45, 7) is 24.2. The van der Waals surface area contributed by atoms with Crippen molar-refractivity contribution in [3.63, 3.8) is 0 Å². The maximum Gasteiger partial charge on any atom is 0.413 e. The second-order valence-corrected chi connectivity index (χ2v) is 19.5. The van der Waals surface area contributed by atoms with E-state index in [0.717, 1.165) is 0 Å². The normalized spacial score (nSPS) is 21.3. The molecular weight excluding hydrogens is 800 g/mol. The van der Waals surface area contributed by atoms with Crippen molar-refractivity contribution in [1.29, 1.82) is 0 Å². The van der Waals surface area contributed by atoms with E-state index in [1.54, 1.807) is 101 Å². The van der Waals surface area contributed by atoms with Crippen molar-refractivity contribution < 1.29 is 62.2 Å². The summed E-state index contributed by atoms with van der Waals surface area (Å²) in [6, 6.07) is -2.52. The summed E-state index contributed by atoms with van der Waals surface area (Å²) in [6.07, 6.45) is -2.71. The number of aromatic nitrogens is 4. The highest BCUT2D eigenvalue weighted by atomic mass is 16.8. The number of carbonyl (C=O) groups is 5. The van der Waals surface area contributed by atoms with Crippen LogP contribution in [0.4, 0.5) is 20.2 Å². The van der Waals surface area contributed by atoms with Crippen molar-refractivity contribution in [2.45, 2.75) is 175 Å². The third-order valence-electron chi connectivity index (χ3n) is 8.66. The molecule has 2 fully saturated rings. The molecule has 4 N–H and O–H groups in total. The van der Waals surface area contributed by atoms with Crippen LogP contribution >= 0.6 is 0 Å². The first-order valence-electron chi connectivity index (χ1n) is 20.2. The van der Waals surface area contributed by atoms with Gasteiger partial charge in [-0.1, -0.05) is 0 Å². The van der Waals surface area contributed by atoms with Gasteiger partial charge in [0.1, 0.15) is 59.1 Å². The summed E-state index contributed by atoms with van der Waals surface area (Å²) in [4.78, 5) is 79.1. The van der Waals surface area contributed by atoms with E-state index >= 15 is 0 Å². The maximum atomic E-state index is 13.5. The van der Waals surface area contributed by atoms with Crippen LogP contribution < -0.4 is 16.0 Å². The van der Waals surface area contributed by atoms with E-state index in [1.807, 2.05) is 4.90 Å². The molecule has 0 unspecified atom stereocenters. The molecule has 21 nitrogen and oxygen atoms in total. The fourth-order valence-corrected chi connectivity index (χ4v) is 6.51. The van der Waals surface area contributed by atoms with Gasteiger partial charge in [-0.15, -0.1) is 0 Å². The molecule has 0 spiro atoms. The second-order valence-electron chi connectivity index (χ2n) is 19.5. The zero-order valence-corrected chi connectivity index (χ0v) is 37.7. The van der Waals surface area contributed by atoms with Crippen LogP contribution in [-0.2, 0) is 42.7 Å². The van der Waals surface area contributed by atoms with Crippen LogP contribution in [0, 0.1) is 0 Å². The standard InChI is InChI=1S/C40H64N8O13/c1-36(2,3)58-32(51)23(45-34(53)60-38(7,8)9)16-18-47(17-15-22(31(49)50)44-33(52)59-37(4,5)6)19-24-26-27(57-40(13,14)56-26)30(55-24)48-21-43-25-28(41-20-42-29(25)48)46-35(54)61-39(10,11)12/h20-24,26-27,30H,15-19H2,1-14H3,(H,44,52)(H,45,53)(H,49,50)(H,41,42,46,54)/t22-,23-,24+,26+,27+,30+/m0/s1. The number of amides is 3. The molecule has 3 amide bonds. The van der Waals surface area contributed by atoms with Gasteiger partial charge in [0.2, 0.25) is 0 Å². The Morgan fingerprint density at radius 3 is 1.80 bits per heavy atom. The van der Waals surface area contributed by atoms with Gasteiger partial charge in [0.15, 0.2) is 29.0 Å². The number of aliphatic carboxylic acids is 1. The van der Waals surface area contributed by atoms with Crippen LogP contribution in [0.1, 0.15) is 116 Å². The van der Waals surface area contributed by atoms with Gasteiger partial charge in [-0.25, -0.2) is 38.9 Å². The molecule has 4 rings (SSSR count). The zero-order valence-electron chi connectivity index (χ0n) is 37.7. The van der Waals surface area contributed by atoms with Gasteiger partial charge in [-0.05, 0) is 110 Å². The first-order chi connectivity index (χ1) is 27.9. The van der Waals surface area contributed by atoms with Gasteiger partial charge in [0.25, 0.3) is 0 Å². The van der Waals surface area contributed by atoms with Gasteiger partial charge >= 0.3 is 30.2 Å². The fraction of sp³-hybridized carbons (Fsp3) is 0.750. The second kappa shape index (κ2) is 18.6. The minimum atomic E-state index is -1.35. The Morgan fingerprint density at radius 2 is 1.26 bits per heavy atom. The maximum absolute atomic E-state index is 13.5. The molecule has 2 saturated heterocycles. The molecule has 2 aromatic heterocycles. The lowest BCUT2D eigenvalue weighted by Crippen LogP contribution is -2.49. The Kier molecular flexibility index (Phi) is 14.9. The van der Waals surface area contributed by atoms with Crippen molar-refractivity contribution in [1.82, 2.24) is 35.1 Å². The Hall–Kier alpha value is -4.86. The Bertz CT molecular complexity index is 1890. The summed E-state index contributed by atoms with van der Waals surface area (Å²) in [5, 5.41) is 17.8. The molecule has 0 bridgehead atoms. The number of esters is 1. The summed E-state index contributed by atoms with van der Waals surface area (Å²) in [5.74, 6) is -2.91. The summed E-state index contributed by atoms with van der Waals surface area (Å²) in [7, 11) is 0. The summed E-state index contributed by atoms with van der Waals surface area (Å²) in [5.41, 5.74) is -2.78. The molecule has 0 aliphatic carbocycles. The highest BCUT2D eigenvalue weighted by Gasteiger charge is 2.56. The van der Waals surface area contributed by atoms with E-state index in [2.05, 4.69) is 30.9 Å². The van der Waals surface area contributed by atoms with Crippen LogP contribution in [0.15, 0.2) is 12.7 Å². The third-order valence-corrected chi connectivity index (χ3v) is 8.66. The number of rotatable bonds is 14. The van der Waals surface area contributed by atoms with Crippen LogP contribution in [0.3, 0.4) is 0 Å². The van der Waals surface area contributed by atoms with E-state index in [0.29, 0.717) is 5.65 Å². The lowest BCUT2D eigenvalue weighted by Gasteiger charge is -2.31. The number of nitrogens with one attached hydrogen (secondary N) is 3. The van der Waals surface area contributed by atoms with E-state index in [9.17, 15) is 29.1 Å². The van der Waals surface area contributed by atoms with Crippen molar-refractivity contribution in [3.05, 3.63) is 12.7 Å². The fourth-order valence-electron chi connectivity index (χ4n) is 6.51. The molecule has 0 saturated carbocycles. The molecule has 2 aromatic rings. The lowest BCUT2D eigenvalue weighted by atomic mass is 10.1. The molecule has 4 heterocycles. The van der Waals surface area contributed by atoms with Gasteiger partial charge < -0.3 is 53.8 Å². The van der Waals surface area contributed by atoms with E-state index in [4.69, 9.17) is 33.2 Å². The Balaban J connectivity index is 1.65. The first kappa shape index (κ1) is 48.8. The third kappa shape index (κ3) is 14.9. The number of carbonyl (C=O) groups excluding carboxylic acids is 4. The van der Waals surface area contributed by atoms with Gasteiger partial charge in [-0.3, -0.25) is 9.88 Å². The van der Waals surface area contributed by atoms with Crippen molar-refractivity contribution in [2.75, 3.05) is 25.0 Å². The number of alkyl carbamates (subject to hydrolysis) is 2. The average molecular weight is 865 g/mol. The zero-order chi connectivity index (χ0) is 45.9. The van der Waals surface area contributed by atoms with E-state index in [-0.39, 0.29) is 43.8 Å². The number of ether oxygens (including phenoxy) is 7. The van der Waals surface area contributed by atoms with Crippen LogP contribution in [0.25, 0.3) is 11.2 Å². The molecule has 61 heavy (non-hydrogen) atoms. The number of hydrogen-bond donors (Lipinski definition) is 4. The highest BCUT2D eigenvalue weighted by molar-refractivity contribution is 5.93. The van der Waals surface area contributed by atoms with E-state index < -0.39 is 95.0 Å². The molecule has 342 valence electrons. The topological polar surface area (TPSA) is 253 Å². The molecule has 6 atom stereocenters. The molecule has 2 aliphatic rings. The van der Waals surface area contributed by atoms with Crippen molar-refractivity contribution in [2.24, 2.45) is 0 Å². The largest absolute Gasteiger partial charge is 0.480 e. The quantitative estimate of drug-likeness (QED) is 0.146. The summed E-state index contributed by atoms with van der Waals surface area (Å²) < 4.78 is 42.9. The number of fused-ring (bicyclic) bond motifs is 2. The molecule has 2 aliphatic heterocycles. The predicted molar refractivity (Wildman–Crippen MR) is 218 cm³/mol. The number of imidazole rings is 1. The van der Waals surface area contributed by atoms with Gasteiger partial charge in [-0.2, -0.15) is 0 Å². The van der Waals surface area contributed by atoms with Crippen molar-refractivity contribution in [3.8, 4) is 0 Å².